The minimum atomic E-state index is -0.989. The minimum Gasteiger partial charge on any atom is -0.481 e. The van der Waals surface area contributed by atoms with E-state index < -0.39 is 5.97 Å². The summed E-state index contributed by atoms with van der Waals surface area (Å²) in [4.78, 5) is 14.9. The Morgan fingerprint density at radius 3 is 2.55 bits per heavy atom. The molecule has 2 aromatic rings. The number of aromatic nitrogens is 1. The van der Waals surface area contributed by atoms with E-state index in [4.69, 9.17) is 45.6 Å². The summed E-state index contributed by atoms with van der Waals surface area (Å²) < 4.78 is 0. The molecule has 0 bridgehead atoms. The maximum absolute atomic E-state index is 10.8. The molecule has 0 unspecified atom stereocenters. The number of carboxylic acid groups (broad SMARTS) is 1. The summed E-state index contributed by atoms with van der Waals surface area (Å²) >= 11 is 18.2. The predicted molar refractivity (Wildman–Crippen MR) is 80.5 cm³/mol. The maximum Gasteiger partial charge on any atom is 0.307 e. The third-order valence-electron chi connectivity index (χ3n) is 2.67. The van der Waals surface area contributed by atoms with Crippen molar-refractivity contribution >= 4 is 46.5 Å². The number of hydrogen-bond acceptors (Lipinski definition) is 3. The van der Waals surface area contributed by atoms with Gasteiger partial charge in [-0.2, -0.15) is 0 Å². The van der Waals surface area contributed by atoms with Crippen LogP contribution in [0.4, 0.5) is 5.69 Å². The van der Waals surface area contributed by atoms with Gasteiger partial charge in [0.1, 0.15) is 0 Å². The minimum absolute atomic E-state index is 0.211. The van der Waals surface area contributed by atoms with Crippen LogP contribution in [0.25, 0.3) is 11.3 Å². The van der Waals surface area contributed by atoms with Crippen LogP contribution in [-0.2, 0) is 11.2 Å². The third-order valence-corrected chi connectivity index (χ3v) is 3.79. The summed E-state index contributed by atoms with van der Waals surface area (Å²) in [7, 11) is 0. The topological polar surface area (TPSA) is 76.2 Å². The highest BCUT2D eigenvalue weighted by Crippen LogP contribution is 2.38. The van der Waals surface area contributed by atoms with Crippen LogP contribution in [0.2, 0.25) is 15.1 Å². The van der Waals surface area contributed by atoms with Crippen molar-refractivity contribution in [2.75, 3.05) is 5.73 Å². The lowest BCUT2D eigenvalue weighted by molar-refractivity contribution is -0.136. The lowest BCUT2D eigenvalue weighted by Crippen LogP contribution is -2.04. The third kappa shape index (κ3) is 2.98. The molecule has 0 aliphatic heterocycles. The van der Waals surface area contributed by atoms with Gasteiger partial charge >= 0.3 is 5.97 Å². The van der Waals surface area contributed by atoms with Gasteiger partial charge in [0.05, 0.1) is 39.1 Å². The lowest BCUT2D eigenvalue weighted by Gasteiger charge is -2.10. The molecule has 20 heavy (non-hydrogen) atoms. The van der Waals surface area contributed by atoms with Crippen LogP contribution in [0, 0.1) is 0 Å². The molecule has 1 heterocycles. The van der Waals surface area contributed by atoms with Crippen LogP contribution >= 0.6 is 34.8 Å². The molecule has 0 amide bonds. The number of carboxylic acids is 1. The fourth-order valence-electron chi connectivity index (χ4n) is 1.72. The Bertz CT molecular complexity index is 690. The van der Waals surface area contributed by atoms with Gasteiger partial charge in [-0.15, -0.1) is 0 Å². The first-order valence-electron chi connectivity index (χ1n) is 5.50. The van der Waals surface area contributed by atoms with Crippen molar-refractivity contribution in [1.29, 1.82) is 0 Å². The highest BCUT2D eigenvalue weighted by atomic mass is 35.5. The number of aliphatic carboxylic acids is 1. The second kappa shape index (κ2) is 5.87. The van der Waals surface area contributed by atoms with Crippen molar-refractivity contribution in [3.05, 3.63) is 45.0 Å². The average Bonchev–Trinajstić information content (AvgIpc) is 2.37. The van der Waals surface area contributed by atoms with Crippen LogP contribution < -0.4 is 5.73 Å². The van der Waals surface area contributed by atoms with Crippen LogP contribution in [-0.4, -0.2) is 16.1 Å². The number of anilines is 1. The summed E-state index contributed by atoms with van der Waals surface area (Å²) in [6, 6.07) is 4.72. The number of nitrogens with two attached hydrogens (primary N) is 1. The van der Waals surface area contributed by atoms with E-state index >= 15 is 0 Å². The van der Waals surface area contributed by atoms with Crippen molar-refractivity contribution in [2.24, 2.45) is 0 Å². The zero-order valence-corrected chi connectivity index (χ0v) is 12.3. The standard InChI is InChI=1S/C13H9Cl3N2O2/c14-7-1-2-8(15)13(16)12(7)10-3-6(4-11(19)20)9(17)5-18-10/h1-3,5H,4,17H2,(H,19,20). The first-order valence-corrected chi connectivity index (χ1v) is 6.63. The second-order valence-electron chi connectivity index (χ2n) is 4.06. The first kappa shape index (κ1) is 14.9. The van der Waals surface area contributed by atoms with Gasteiger partial charge in [-0.1, -0.05) is 34.8 Å². The number of nitrogens with zero attached hydrogens (tertiary/aromatic N) is 1. The van der Waals surface area contributed by atoms with Gasteiger partial charge in [0.2, 0.25) is 0 Å². The molecular weight excluding hydrogens is 323 g/mol. The number of rotatable bonds is 3. The van der Waals surface area contributed by atoms with Gasteiger partial charge in [-0.3, -0.25) is 9.78 Å². The van der Waals surface area contributed by atoms with Gasteiger partial charge in [0, 0.05) is 5.56 Å². The van der Waals surface area contributed by atoms with Crippen LogP contribution in [0.15, 0.2) is 24.4 Å². The Labute approximate surface area is 130 Å². The fourth-order valence-corrected chi connectivity index (χ4v) is 2.44. The molecule has 2 rings (SSSR count). The Morgan fingerprint density at radius 1 is 1.25 bits per heavy atom. The number of nitrogen functional groups attached to an aromatic ring is 1. The molecule has 3 N–H and O–H groups in total. The zero-order valence-electron chi connectivity index (χ0n) is 10.0. The van der Waals surface area contributed by atoms with Crippen LogP contribution in [0.1, 0.15) is 5.56 Å². The van der Waals surface area contributed by atoms with Crippen molar-refractivity contribution in [3.8, 4) is 11.3 Å². The van der Waals surface area contributed by atoms with E-state index in [0.29, 0.717) is 32.6 Å². The van der Waals surface area contributed by atoms with E-state index in [1.807, 2.05) is 0 Å². The molecule has 0 atom stereocenters. The molecule has 0 saturated heterocycles. The Kier molecular flexibility index (Phi) is 4.38. The second-order valence-corrected chi connectivity index (χ2v) is 5.25. The van der Waals surface area contributed by atoms with Gasteiger partial charge in [0.25, 0.3) is 0 Å². The molecule has 0 saturated carbocycles. The molecule has 0 radical (unpaired) electrons. The summed E-state index contributed by atoms with van der Waals surface area (Å²) in [5, 5.41) is 9.83. The van der Waals surface area contributed by atoms with Crippen molar-refractivity contribution < 1.29 is 9.90 Å². The van der Waals surface area contributed by atoms with Crippen LogP contribution in [0.5, 0.6) is 0 Å². The SMILES string of the molecule is Nc1cnc(-c2c(Cl)ccc(Cl)c2Cl)cc1CC(=O)O. The van der Waals surface area contributed by atoms with Crippen molar-refractivity contribution in [1.82, 2.24) is 4.98 Å². The summed E-state index contributed by atoms with van der Waals surface area (Å²) in [6.45, 7) is 0. The van der Waals surface area contributed by atoms with E-state index in [0.717, 1.165) is 0 Å². The van der Waals surface area contributed by atoms with E-state index in [1.165, 1.54) is 6.20 Å². The van der Waals surface area contributed by atoms with Gasteiger partial charge in [-0.05, 0) is 23.8 Å². The summed E-state index contributed by atoms with van der Waals surface area (Å²) in [6.07, 6.45) is 1.17. The monoisotopic (exact) mass is 330 g/mol. The molecule has 1 aromatic heterocycles. The Morgan fingerprint density at radius 2 is 1.90 bits per heavy atom. The largest absolute Gasteiger partial charge is 0.481 e. The Balaban J connectivity index is 2.59. The molecule has 1 aromatic carbocycles. The molecule has 0 spiro atoms. The van der Waals surface area contributed by atoms with E-state index in [-0.39, 0.29) is 11.4 Å². The number of carbonyl (C=O) groups is 1. The molecule has 4 nitrogen and oxygen atoms in total. The normalized spacial score (nSPS) is 10.6. The molecule has 0 fully saturated rings. The quantitative estimate of drug-likeness (QED) is 0.836. The highest BCUT2D eigenvalue weighted by Gasteiger charge is 2.15. The fraction of sp³-hybridized carbons (Fsp3) is 0.0769. The molecule has 104 valence electrons. The zero-order chi connectivity index (χ0) is 14.9. The van der Waals surface area contributed by atoms with Gasteiger partial charge in [0.15, 0.2) is 0 Å². The average molecular weight is 332 g/mol. The summed E-state index contributed by atoms with van der Waals surface area (Å²) in [5.74, 6) is -0.989. The van der Waals surface area contributed by atoms with E-state index in [9.17, 15) is 4.79 Å². The molecular formula is C13H9Cl3N2O2. The Hall–Kier alpha value is -1.49. The molecule has 7 heteroatoms. The van der Waals surface area contributed by atoms with Crippen molar-refractivity contribution in [3.63, 3.8) is 0 Å². The lowest BCUT2D eigenvalue weighted by atomic mass is 10.1. The van der Waals surface area contributed by atoms with Gasteiger partial charge in [-0.25, -0.2) is 0 Å². The number of hydrogen-bond donors (Lipinski definition) is 2. The van der Waals surface area contributed by atoms with Crippen molar-refractivity contribution in [2.45, 2.75) is 6.42 Å². The number of halogens is 3. The highest BCUT2D eigenvalue weighted by molar-refractivity contribution is 6.46. The summed E-state index contributed by atoms with van der Waals surface area (Å²) in [5.41, 5.74) is 7.32. The molecule has 0 aliphatic carbocycles. The first-order chi connectivity index (χ1) is 9.40. The smallest absolute Gasteiger partial charge is 0.307 e. The van der Waals surface area contributed by atoms with Gasteiger partial charge < -0.3 is 10.8 Å². The van der Waals surface area contributed by atoms with Crippen LogP contribution in [0.3, 0.4) is 0 Å². The predicted octanol–water partition coefficient (Wildman–Crippen LogP) is 3.92. The molecule has 0 aliphatic rings. The van der Waals surface area contributed by atoms with E-state index in [2.05, 4.69) is 4.98 Å². The number of benzene rings is 1. The van der Waals surface area contributed by atoms with E-state index in [1.54, 1.807) is 18.2 Å². The maximum atomic E-state index is 10.8. The number of pyridine rings is 1.